The third-order valence-electron chi connectivity index (χ3n) is 6.65. The fraction of sp³-hybridized carbons (Fsp3) is 0.737. The van der Waals surface area contributed by atoms with Crippen LogP contribution in [0.3, 0.4) is 0 Å². The lowest BCUT2D eigenvalue weighted by atomic mass is 9.66. The number of amides is 1. The highest BCUT2D eigenvalue weighted by Gasteiger charge is 2.52. The maximum Gasteiger partial charge on any atom is 0.252 e. The van der Waals surface area contributed by atoms with Gasteiger partial charge in [-0.3, -0.25) is 14.5 Å². The van der Waals surface area contributed by atoms with Crippen molar-refractivity contribution in [2.24, 2.45) is 16.4 Å². The van der Waals surface area contributed by atoms with Crippen LogP contribution in [0.15, 0.2) is 15.3 Å². The number of hydrogen-bond donors (Lipinski definition) is 1. The lowest BCUT2D eigenvalue weighted by Crippen LogP contribution is -2.51. The fourth-order valence-electron chi connectivity index (χ4n) is 4.69. The molecule has 0 aromatic rings. The number of carbonyl (C=O) groups is 2. The van der Waals surface area contributed by atoms with Gasteiger partial charge in [0.05, 0.1) is 15.6 Å². The fourth-order valence-corrected chi connectivity index (χ4v) is 5.27. The van der Waals surface area contributed by atoms with Crippen molar-refractivity contribution < 1.29 is 9.59 Å². The Hall–Kier alpha value is -1.21. The Morgan fingerprint density at radius 1 is 1.23 bits per heavy atom. The number of ketones is 1. The van der Waals surface area contributed by atoms with Crippen LogP contribution in [0.25, 0.3) is 0 Å². The number of hydrazone groups is 1. The highest BCUT2D eigenvalue weighted by atomic mass is 79.9. The average molecular weight is 423 g/mol. The zero-order valence-corrected chi connectivity index (χ0v) is 17.0. The molecule has 0 aromatic heterocycles. The van der Waals surface area contributed by atoms with Crippen LogP contribution in [0.1, 0.15) is 45.4 Å². The van der Waals surface area contributed by atoms with Crippen molar-refractivity contribution >= 4 is 33.3 Å². The monoisotopic (exact) mass is 422 g/mol. The molecule has 3 aliphatic heterocycles. The quantitative estimate of drug-likeness (QED) is 0.754. The molecule has 2 fully saturated rings. The largest absolute Gasteiger partial charge is 0.373 e. The summed E-state index contributed by atoms with van der Waals surface area (Å²) in [4.78, 5) is 29.3. The van der Waals surface area contributed by atoms with Crippen LogP contribution in [0, 0.1) is 11.3 Å². The lowest BCUT2D eigenvalue weighted by molar-refractivity contribution is -0.128. The van der Waals surface area contributed by atoms with E-state index in [9.17, 15) is 9.59 Å². The normalized spacial score (nSPS) is 27.0. The second kappa shape index (κ2) is 7.08. The third-order valence-corrected chi connectivity index (χ3v) is 7.55. The first-order chi connectivity index (χ1) is 12.5. The molecule has 1 amide bonds. The van der Waals surface area contributed by atoms with Crippen molar-refractivity contribution in [2.45, 2.75) is 45.4 Å². The Morgan fingerprint density at radius 2 is 1.96 bits per heavy atom. The molecule has 4 aliphatic rings. The molecule has 0 unspecified atom stereocenters. The summed E-state index contributed by atoms with van der Waals surface area (Å²) in [5, 5.41) is 4.43. The molecular weight excluding hydrogens is 396 g/mol. The van der Waals surface area contributed by atoms with Gasteiger partial charge in [0.2, 0.25) is 0 Å². The van der Waals surface area contributed by atoms with Crippen LogP contribution in [0.2, 0.25) is 0 Å². The number of halogens is 1. The molecule has 0 aromatic carbocycles. The highest BCUT2D eigenvalue weighted by molar-refractivity contribution is 9.12. The molecule has 1 saturated carbocycles. The molecule has 0 radical (unpaired) electrons. The number of Topliss-reactive ketones (excluding diaryl/α,β-unsaturated/α-hetero) is 1. The van der Waals surface area contributed by atoms with E-state index in [0.29, 0.717) is 12.3 Å². The van der Waals surface area contributed by atoms with Gasteiger partial charge in [-0.15, -0.1) is 0 Å². The van der Waals surface area contributed by atoms with Crippen molar-refractivity contribution in [2.75, 3.05) is 32.7 Å². The number of nitrogens with one attached hydrogen (secondary N) is 1. The minimum Gasteiger partial charge on any atom is -0.373 e. The van der Waals surface area contributed by atoms with Gasteiger partial charge in [0.25, 0.3) is 5.91 Å². The number of rotatable bonds is 4. The molecular formula is C19H27BrN4O2. The van der Waals surface area contributed by atoms with Gasteiger partial charge in [-0.2, -0.15) is 5.10 Å². The number of allylic oxidation sites excluding steroid dienone is 1. The zero-order valence-electron chi connectivity index (χ0n) is 15.4. The average Bonchev–Trinajstić information content (AvgIpc) is 2.90. The molecule has 6 nitrogen and oxygen atoms in total. The van der Waals surface area contributed by atoms with Crippen molar-refractivity contribution in [1.82, 2.24) is 15.2 Å². The summed E-state index contributed by atoms with van der Waals surface area (Å²) in [5.74, 6) is 0.805. The molecule has 1 saturated heterocycles. The SMILES string of the molecule is CCN1CCC(=O)C(Br)=C1CN1CCC2(CC1)C(=O)NN=C2C1CCC1. The van der Waals surface area contributed by atoms with E-state index in [4.69, 9.17) is 0 Å². The van der Waals surface area contributed by atoms with E-state index in [0.717, 1.165) is 61.5 Å². The van der Waals surface area contributed by atoms with Gasteiger partial charge in [-0.05, 0) is 61.6 Å². The van der Waals surface area contributed by atoms with Crippen LogP contribution in [-0.4, -0.2) is 59.9 Å². The molecule has 7 heteroatoms. The molecule has 3 heterocycles. The first-order valence-corrected chi connectivity index (χ1v) is 10.6. The number of piperidine rings is 1. The first kappa shape index (κ1) is 18.2. The Kier molecular flexibility index (Phi) is 4.94. The summed E-state index contributed by atoms with van der Waals surface area (Å²) >= 11 is 3.52. The molecule has 26 heavy (non-hydrogen) atoms. The van der Waals surface area contributed by atoms with Crippen LogP contribution in [0.4, 0.5) is 0 Å². The van der Waals surface area contributed by atoms with E-state index >= 15 is 0 Å². The summed E-state index contributed by atoms with van der Waals surface area (Å²) in [5.41, 5.74) is 4.61. The predicted molar refractivity (Wildman–Crippen MR) is 104 cm³/mol. The standard InChI is InChI=1S/C19H27BrN4O2/c1-2-24-9-6-15(25)16(20)14(24)12-23-10-7-19(8-11-23)17(13-4-3-5-13)21-22-18(19)26/h13H,2-12H2,1H3,(H,22,26). The smallest absolute Gasteiger partial charge is 0.252 e. The van der Waals surface area contributed by atoms with Crippen molar-refractivity contribution in [3.05, 3.63) is 10.2 Å². The summed E-state index contributed by atoms with van der Waals surface area (Å²) < 4.78 is 0.737. The third kappa shape index (κ3) is 2.93. The van der Waals surface area contributed by atoms with Crippen molar-refractivity contribution in [3.8, 4) is 0 Å². The van der Waals surface area contributed by atoms with E-state index in [1.165, 1.54) is 19.3 Å². The number of hydrogen-bond acceptors (Lipinski definition) is 5. The van der Waals surface area contributed by atoms with E-state index in [-0.39, 0.29) is 17.1 Å². The molecule has 142 valence electrons. The number of likely N-dealkylation sites (tertiary alicyclic amines) is 1. The van der Waals surface area contributed by atoms with E-state index in [2.05, 4.69) is 43.2 Å². The summed E-state index contributed by atoms with van der Waals surface area (Å²) in [6, 6.07) is 0. The molecule has 1 aliphatic carbocycles. The zero-order chi connectivity index (χ0) is 18.3. The van der Waals surface area contributed by atoms with Crippen LogP contribution >= 0.6 is 15.9 Å². The van der Waals surface area contributed by atoms with Gasteiger partial charge in [0.15, 0.2) is 5.78 Å². The highest BCUT2D eigenvalue weighted by Crippen LogP contribution is 2.44. The van der Waals surface area contributed by atoms with Crippen LogP contribution < -0.4 is 5.43 Å². The lowest BCUT2D eigenvalue weighted by Gasteiger charge is -2.42. The first-order valence-electron chi connectivity index (χ1n) is 9.83. The molecule has 1 N–H and O–H groups in total. The Labute approximate surface area is 163 Å². The number of carbonyl (C=O) groups excluding carboxylic acids is 2. The van der Waals surface area contributed by atoms with Gasteiger partial charge >= 0.3 is 0 Å². The van der Waals surface area contributed by atoms with E-state index in [1.807, 2.05) is 0 Å². The van der Waals surface area contributed by atoms with Gasteiger partial charge < -0.3 is 4.90 Å². The van der Waals surface area contributed by atoms with Gasteiger partial charge in [-0.25, -0.2) is 5.43 Å². The van der Waals surface area contributed by atoms with E-state index in [1.54, 1.807) is 0 Å². The molecule has 0 bridgehead atoms. The van der Waals surface area contributed by atoms with Crippen LogP contribution in [-0.2, 0) is 9.59 Å². The van der Waals surface area contributed by atoms with Crippen molar-refractivity contribution in [1.29, 1.82) is 0 Å². The molecule has 1 spiro atoms. The minimum absolute atomic E-state index is 0.0995. The maximum absolute atomic E-state index is 12.6. The van der Waals surface area contributed by atoms with Gasteiger partial charge in [-0.1, -0.05) is 6.42 Å². The summed E-state index contributed by atoms with van der Waals surface area (Å²) in [6.07, 6.45) is 5.85. The Bertz CT molecular complexity index is 675. The van der Waals surface area contributed by atoms with Gasteiger partial charge in [0.1, 0.15) is 0 Å². The number of likely N-dealkylation sites (N-methyl/N-ethyl adjacent to an activating group) is 1. The minimum atomic E-state index is -0.375. The second-order valence-corrected chi connectivity index (χ2v) is 8.73. The second-order valence-electron chi connectivity index (χ2n) is 7.94. The molecule has 0 atom stereocenters. The van der Waals surface area contributed by atoms with Crippen molar-refractivity contribution in [3.63, 3.8) is 0 Å². The van der Waals surface area contributed by atoms with Crippen LogP contribution in [0.5, 0.6) is 0 Å². The van der Waals surface area contributed by atoms with Gasteiger partial charge in [0, 0.05) is 37.7 Å². The molecule has 4 rings (SSSR count). The Balaban J connectivity index is 1.45. The predicted octanol–water partition coefficient (Wildman–Crippen LogP) is 2.26. The summed E-state index contributed by atoms with van der Waals surface area (Å²) in [7, 11) is 0. The number of nitrogens with zero attached hydrogens (tertiary/aromatic N) is 3. The summed E-state index contributed by atoms with van der Waals surface area (Å²) in [6.45, 7) is 6.36. The van der Waals surface area contributed by atoms with E-state index < -0.39 is 0 Å². The topological polar surface area (TPSA) is 65.0 Å². The maximum atomic E-state index is 12.6. The Morgan fingerprint density at radius 3 is 2.58 bits per heavy atom.